The monoisotopic (exact) mass is 338 g/mol. The molecule has 5 nitrogen and oxygen atoms in total. The van der Waals surface area contributed by atoms with Gasteiger partial charge in [0.2, 0.25) is 0 Å². The Balaban J connectivity index is 2.33. The van der Waals surface area contributed by atoms with Crippen LogP contribution in [-0.2, 0) is 4.79 Å². The van der Waals surface area contributed by atoms with E-state index in [1.807, 2.05) is 30.3 Å². The van der Waals surface area contributed by atoms with E-state index in [1.165, 1.54) is 12.1 Å². The number of carbonyl (C=O) groups is 1. The number of amides is 1. The minimum absolute atomic E-state index is 0.00128. The van der Waals surface area contributed by atoms with Gasteiger partial charge in [-0.3, -0.25) is 14.9 Å². The highest BCUT2D eigenvalue weighted by Crippen LogP contribution is 2.21. The molecule has 0 aliphatic rings. The van der Waals surface area contributed by atoms with Crippen LogP contribution in [0.5, 0.6) is 0 Å². The van der Waals surface area contributed by atoms with Crippen LogP contribution in [0.15, 0.2) is 54.6 Å². The summed E-state index contributed by atoms with van der Waals surface area (Å²) in [6.07, 6.45) is 2.58. The Bertz CT molecular complexity index is 768. The molecule has 1 N–H and O–H groups in total. The molecule has 25 heavy (non-hydrogen) atoms. The number of nitro groups is 1. The molecule has 0 saturated carbocycles. The Labute approximate surface area is 147 Å². The molecule has 0 unspecified atom stereocenters. The van der Waals surface area contributed by atoms with Crippen molar-refractivity contribution < 1.29 is 9.72 Å². The number of nitrogens with zero attached hydrogens (tertiary/aromatic N) is 1. The molecular weight excluding hydrogens is 316 g/mol. The van der Waals surface area contributed by atoms with Gasteiger partial charge < -0.3 is 5.32 Å². The third-order valence-corrected chi connectivity index (χ3v) is 3.73. The van der Waals surface area contributed by atoms with Crippen molar-refractivity contribution in [3.05, 3.63) is 75.8 Å². The Kier molecular flexibility index (Phi) is 6.46. The second-order valence-electron chi connectivity index (χ2n) is 6.21. The van der Waals surface area contributed by atoms with Crippen LogP contribution in [0.4, 0.5) is 5.69 Å². The molecule has 0 aliphatic heterocycles. The number of rotatable bonds is 7. The van der Waals surface area contributed by atoms with Gasteiger partial charge in [0.15, 0.2) is 0 Å². The molecule has 2 aromatic carbocycles. The van der Waals surface area contributed by atoms with E-state index in [0.717, 1.165) is 12.0 Å². The normalized spacial score (nSPS) is 11.4. The fraction of sp³-hybridized carbons (Fsp3) is 0.250. The Morgan fingerprint density at radius 3 is 2.52 bits per heavy atom. The van der Waals surface area contributed by atoms with Gasteiger partial charge >= 0.3 is 0 Å². The van der Waals surface area contributed by atoms with Crippen LogP contribution in [-0.4, -0.2) is 17.4 Å². The van der Waals surface area contributed by atoms with Crippen LogP contribution in [0.1, 0.15) is 31.4 Å². The lowest BCUT2D eigenvalue weighted by Gasteiger charge is -2.11. The fourth-order valence-corrected chi connectivity index (χ4v) is 2.36. The van der Waals surface area contributed by atoms with E-state index in [-0.39, 0.29) is 11.6 Å². The van der Waals surface area contributed by atoms with Crippen molar-refractivity contribution in [1.29, 1.82) is 0 Å². The molecule has 2 rings (SSSR count). The van der Waals surface area contributed by atoms with Gasteiger partial charge in [-0.05, 0) is 29.5 Å². The van der Waals surface area contributed by atoms with Crippen molar-refractivity contribution in [3.63, 3.8) is 0 Å². The lowest BCUT2D eigenvalue weighted by molar-refractivity contribution is -0.384. The predicted molar refractivity (Wildman–Crippen MR) is 99.9 cm³/mol. The molecule has 0 atom stereocenters. The molecule has 1 amide bonds. The molecule has 0 saturated heterocycles. The van der Waals surface area contributed by atoms with Crippen molar-refractivity contribution in [2.24, 2.45) is 5.92 Å². The molecule has 0 spiro atoms. The molecule has 0 radical (unpaired) electrons. The first-order valence-corrected chi connectivity index (χ1v) is 8.27. The second-order valence-corrected chi connectivity index (χ2v) is 6.21. The average Bonchev–Trinajstić information content (AvgIpc) is 2.60. The van der Waals surface area contributed by atoms with Crippen molar-refractivity contribution in [1.82, 2.24) is 5.32 Å². The molecule has 0 aliphatic carbocycles. The van der Waals surface area contributed by atoms with Gasteiger partial charge in [0.25, 0.3) is 11.6 Å². The van der Waals surface area contributed by atoms with Gasteiger partial charge in [-0.15, -0.1) is 0 Å². The first-order chi connectivity index (χ1) is 12.0. The minimum atomic E-state index is -0.442. The van der Waals surface area contributed by atoms with Gasteiger partial charge in [0.05, 0.1) is 4.92 Å². The topological polar surface area (TPSA) is 72.2 Å². The van der Waals surface area contributed by atoms with E-state index in [0.29, 0.717) is 23.6 Å². The van der Waals surface area contributed by atoms with Gasteiger partial charge in [-0.1, -0.05) is 56.3 Å². The highest BCUT2D eigenvalue weighted by atomic mass is 16.6. The molecule has 130 valence electrons. The third-order valence-electron chi connectivity index (χ3n) is 3.73. The number of nitro benzene ring substituents is 1. The Hall–Kier alpha value is -2.95. The lowest BCUT2D eigenvalue weighted by atomic mass is 10.0. The summed E-state index contributed by atoms with van der Waals surface area (Å²) < 4.78 is 0. The van der Waals surface area contributed by atoms with Crippen LogP contribution < -0.4 is 5.32 Å². The number of hydrogen-bond donors (Lipinski definition) is 1. The van der Waals surface area contributed by atoms with E-state index < -0.39 is 4.92 Å². The van der Waals surface area contributed by atoms with E-state index in [9.17, 15) is 14.9 Å². The summed E-state index contributed by atoms with van der Waals surface area (Å²) in [5, 5.41) is 13.9. The van der Waals surface area contributed by atoms with E-state index in [4.69, 9.17) is 0 Å². The number of non-ortho nitro benzene ring substituents is 1. The fourth-order valence-electron chi connectivity index (χ4n) is 2.36. The molecule has 0 bridgehead atoms. The summed E-state index contributed by atoms with van der Waals surface area (Å²) in [5.41, 5.74) is 1.88. The molecular formula is C20H22N2O3. The number of benzene rings is 2. The quantitative estimate of drug-likeness (QED) is 0.354. The zero-order valence-electron chi connectivity index (χ0n) is 14.4. The average molecular weight is 338 g/mol. The summed E-state index contributed by atoms with van der Waals surface area (Å²) in [6.45, 7) is 4.79. The first kappa shape index (κ1) is 18.4. The van der Waals surface area contributed by atoms with Crippen molar-refractivity contribution >= 4 is 23.2 Å². The summed E-state index contributed by atoms with van der Waals surface area (Å²) in [4.78, 5) is 23.1. The zero-order chi connectivity index (χ0) is 18.2. The van der Waals surface area contributed by atoms with Crippen LogP contribution in [0.2, 0.25) is 0 Å². The van der Waals surface area contributed by atoms with Gasteiger partial charge in [-0.25, -0.2) is 0 Å². The molecule has 0 heterocycles. The van der Waals surface area contributed by atoms with Crippen molar-refractivity contribution in [2.45, 2.75) is 20.3 Å². The molecule has 5 heteroatoms. The van der Waals surface area contributed by atoms with Gasteiger partial charge in [0.1, 0.15) is 0 Å². The number of hydrogen-bond acceptors (Lipinski definition) is 3. The van der Waals surface area contributed by atoms with Crippen LogP contribution in [0.25, 0.3) is 11.6 Å². The SMILES string of the molecule is CC(C)CCNC(=O)/C(=C/c1cccc([N+](=O)[O-])c1)c1ccccc1. The summed E-state index contributed by atoms with van der Waals surface area (Å²) in [5.74, 6) is 0.319. The first-order valence-electron chi connectivity index (χ1n) is 8.27. The summed E-state index contributed by atoms with van der Waals surface area (Å²) in [7, 11) is 0. The maximum atomic E-state index is 12.6. The van der Waals surface area contributed by atoms with Crippen molar-refractivity contribution in [3.8, 4) is 0 Å². The molecule has 0 fully saturated rings. The zero-order valence-corrected chi connectivity index (χ0v) is 14.4. The van der Waals surface area contributed by atoms with E-state index in [2.05, 4.69) is 19.2 Å². The Morgan fingerprint density at radius 2 is 1.88 bits per heavy atom. The van der Waals surface area contributed by atoms with Crippen molar-refractivity contribution in [2.75, 3.05) is 6.54 Å². The highest BCUT2D eigenvalue weighted by Gasteiger charge is 2.13. The van der Waals surface area contributed by atoms with Crippen LogP contribution in [0, 0.1) is 16.0 Å². The maximum Gasteiger partial charge on any atom is 0.270 e. The molecule has 0 aromatic heterocycles. The van der Waals surface area contributed by atoms with E-state index >= 15 is 0 Å². The standard InChI is InChI=1S/C20H22N2O3/c1-15(2)11-12-21-20(23)19(17-8-4-3-5-9-17)14-16-7-6-10-18(13-16)22(24)25/h3-10,13-15H,11-12H2,1-2H3,(H,21,23)/b19-14+. The maximum absolute atomic E-state index is 12.6. The summed E-state index contributed by atoms with van der Waals surface area (Å²) >= 11 is 0. The second kappa shape index (κ2) is 8.78. The largest absolute Gasteiger partial charge is 0.352 e. The lowest BCUT2D eigenvalue weighted by Crippen LogP contribution is -2.26. The third kappa shape index (κ3) is 5.57. The molecule has 2 aromatic rings. The Morgan fingerprint density at radius 1 is 1.16 bits per heavy atom. The predicted octanol–water partition coefficient (Wildman–Crippen LogP) is 4.30. The highest BCUT2D eigenvalue weighted by molar-refractivity contribution is 6.24. The van der Waals surface area contributed by atoms with Crippen LogP contribution >= 0.6 is 0 Å². The van der Waals surface area contributed by atoms with E-state index in [1.54, 1.807) is 18.2 Å². The van der Waals surface area contributed by atoms with Crippen LogP contribution in [0.3, 0.4) is 0 Å². The minimum Gasteiger partial charge on any atom is -0.352 e. The number of nitrogens with one attached hydrogen (secondary N) is 1. The number of carbonyl (C=O) groups excluding carboxylic acids is 1. The summed E-state index contributed by atoms with van der Waals surface area (Å²) in [6, 6.07) is 15.6. The smallest absolute Gasteiger partial charge is 0.270 e. The van der Waals surface area contributed by atoms with Gasteiger partial charge in [-0.2, -0.15) is 0 Å². The van der Waals surface area contributed by atoms with Gasteiger partial charge in [0, 0.05) is 24.3 Å².